The first-order valence-electron chi connectivity index (χ1n) is 14.9. The molecule has 0 aliphatic heterocycles. The Kier molecular flexibility index (Phi) is 28.9. The van der Waals surface area contributed by atoms with Crippen molar-refractivity contribution in [2.75, 3.05) is 78.7 Å². The number of hydrogen-bond acceptors (Lipinski definition) is 12. The number of carbonyl (C=O) groups is 4. The number of hydrogen-bond donors (Lipinski definition) is 3. The summed E-state index contributed by atoms with van der Waals surface area (Å²) in [5.41, 5.74) is 0. The zero-order chi connectivity index (χ0) is 32.5. The zero-order valence-electron chi connectivity index (χ0n) is 27.2. The Morgan fingerprint density at radius 2 is 1.20 bits per heavy atom. The summed E-state index contributed by atoms with van der Waals surface area (Å²) in [6.07, 6.45) is 2.62. The number of ether oxygens (including phenoxy) is 4. The van der Waals surface area contributed by atoms with Crippen LogP contribution < -0.4 is 45.5 Å². The predicted octanol–water partition coefficient (Wildman–Crippen LogP) is -2.81. The maximum Gasteiger partial charge on any atom is 1.00 e. The van der Waals surface area contributed by atoms with Crippen LogP contribution in [-0.2, 0) is 48.2 Å². The monoisotopic (exact) mass is 661 g/mol. The van der Waals surface area contributed by atoms with Crippen molar-refractivity contribution >= 4 is 33.5 Å². The van der Waals surface area contributed by atoms with E-state index in [1.54, 1.807) is 7.05 Å². The van der Waals surface area contributed by atoms with E-state index in [2.05, 4.69) is 16.0 Å². The minimum Gasteiger partial charge on any atom is -0.748 e. The topological polar surface area (TPSA) is 198 Å². The summed E-state index contributed by atoms with van der Waals surface area (Å²) in [6.45, 7) is 8.19. The van der Waals surface area contributed by atoms with E-state index >= 15 is 0 Å². The molecule has 0 unspecified atom stereocenters. The maximum absolute atomic E-state index is 12.5. The van der Waals surface area contributed by atoms with Gasteiger partial charge in [-0.3, -0.25) is 19.2 Å². The third-order valence-electron chi connectivity index (χ3n) is 6.39. The molecule has 0 saturated heterocycles. The van der Waals surface area contributed by atoms with Crippen molar-refractivity contribution in [2.24, 2.45) is 11.8 Å². The third kappa shape index (κ3) is 27.3. The van der Waals surface area contributed by atoms with E-state index in [0.717, 1.165) is 12.8 Å². The van der Waals surface area contributed by atoms with Crippen LogP contribution in [0.5, 0.6) is 0 Å². The molecule has 44 heavy (non-hydrogen) atoms. The first-order valence-corrected chi connectivity index (χ1v) is 16.4. The summed E-state index contributed by atoms with van der Waals surface area (Å²) in [4.78, 5) is 47.9. The summed E-state index contributed by atoms with van der Waals surface area (Å²) in [5, 5.41) is 8.19. The molecular formula is C28H52N3NaO11S. The molecule has 0 aliphatic carbocycles. The van der Waals surface area contributed by atoms with E-state index in [1.807, 2.05) is 13.8 Å². The van der Waals surface area contributed by atoms with Crippen molar-refractivity contribution in [1.29, 1.82) is 0 Å². The van der Waals surface area contributed by atoms with Gasteiger partial charge in [0.05, 0.1) is 74.8 Å². The second-order valence-corrected chi connectivity index (χ2v) is 11.9. The first-order chi connectivity index (χ1) is 20.4. The van der Waals surface area contributed by atoms with Gasteiger partial charge in [0.15, 0.2) is 5.78 Å². The van der Waals surface area contributed by atoms with Gasteiger partial charge in [-0.1, -0.05) is 20.3 Å². The molecule has 14 nitrogen and oxygen atoms in total. The number of unbranched alkanes of at least 4 members (excludes halogenated alkanes) is 1. The molecule has 0 heterocycles. The van der Waals surface area contributed by atoms with Gasteiger partial charge in [0.1, 0.15) is 5.78 Å². The van der Waals surface area contributed by atoms with Crippen molar-refractivity contribution < 1.29 is 80.7 Å². The van der Waals surface area contributed by atoms with Crippen molar-refractivity contribution in [3.05, 3.63) is 0 Å². The average Bonchev–Trinajstić information content (AvgIpc) is 2.91. The number of rotatable bonds is 29. The molecule has 0 fully saturated rings. The van der Waals surface area contributed by atoms with Crippen LogP contribution in [0.2, 0.25) is 0 Å². The van der Waals surface area contributed by atoms with E-state index in [9.17, 15) is 32.1 Å². The molecule has 252 valence electrons. The molecule has 0 saturated carbocycles. The average molecular weight is 662 g/mol. The maximum atomic E-state index is 12.5. The van der Waals surface area contributed by atoms with Gasteiger partial charge in [0.25, 0.3) is 0 Å². The van der Waals surface area contributed by atoms with Crippen LogP contribution in [-0.4, -0.2) is 121 Å². The molecule has 2 amide bonds. The van der Waals surface area contributed by atoms with E-state index in [1.165, 1.54) is 6.92 Å². The number of carbonyl (C=O) groups excluding carboxylic acids is 4. The summed E-state index contributed by atoms with van der Waals surface area (Å²) >= 11 is 0. The molecule has 0 radical (unpaired) electrons. The first kappa shape index (κ1) is 45.1. The van der Waals surface area contributed by atoms with E-state index in [4.69, 9.17) is 18.9 Å². The molecule has 0 bridgehead atoms. The number of nitrogens with one attached hydrogen (secondary N) is 3. The largest absolute Gasteiger partial charge is 1.00 e. The second-order valence-electron chi connectivity index (χ2n) is 10.4. The van der Waals surface area contributed by atoms with Crippen LogP contribution in [0.4, 0.5) is 0 Å². The van der Waals surface area contributed by atoms with Crippen LogP contribution in [0.3, 0.4) is 0 Å². The fraction of sp³-hybridized carbons (Fsp3) is 0.857. The van der Waals surface area contributed by atoms with Gasteiger partial charge in [-0.05, 0) is 32.7 Å². The Morgan fingerprint density at radius 3 is 1.61 bits per heavy atom. The summed E-state index contributed by atoms with van der Waals surface area (Å²) in [7, 11) is -2.59. The normalized spacial score (nSPS) is 12.8. The molecule has 0 rings (SSSR count). The summed E-state index contributed by atoms with van der Waals surface area (Å²) < 4.78 is 52.7. The smallest absolute Gasteiger partial charge is 0.748 e. The predicted molar refractivity (Wildman–Crippen MR) is 158 cm³/mol. The molecule has 0 aromatic heterocycles. The van der Waals surface area contributed by atoms with Gasteiger partial charge in [-0.15, -0.1) is 0 Å². The van der Waals surface area contributed by atoms with Crippen LogP contribution in [0.15, 0.2) is 0 Å². The molecule has 0 spiro atoms. The van der Waals surface area contributed by atoms with Crippen LogP contribution in [0, 0.1) is 11.8 Å². The Bertz CT molecular complexity index is 907. The Labute approximate surface area is 284 Å². The molecule has 3 N–H and O–H groups in total. The number of ketones is 2. The Hall–Kier alpha value is -1.01. The van der Waals surface area contributed by atoms with Gasteiger partial charge in [0.2, 0.25) is 11.8 Å². The SMILES string of the molecule is CN[C@H](C(=O)C[C@@H](CCCCNC(=O)CCOCCOCCOCCOCCC(=O)NCCS(=O)(=O)[O-])C(C)=O)C(C)C.[Na+]. The summed E-state index contributed by atoms with van der Waals surface area (Å²) in [5.74, 6) is -1.21. The van der Waals surface area contributed by atoms with Crippen molar-refractivity contribution in [3.8, 4) is 0 Å². The Balaban J connectivity index is 0. The Morgan fingerprint density at radius 1 is 0.750 bits per heavy atom. The van der Waals surface area contributed by atoms with Gasteiger partial charge in [-0.25, -0.2) is 8.42 Å². The van der Waals surface area contributed by atoms with Gasteiger partial charge < -0.3 is 39.5 Å². The third-order valence-corrected chi connectivity index (χ3v) is 7.09. The quantitative estimate of drug-likeness (QED) is 0.0423. The van der Waals surface area contributed by atoms with Crippen LogP contribution in [0.1, 0.15) is 59.3 Å². The zero-order valence-corrected chi connectivity index (χ0v) is 30.0. The molecule has 16 heteroatoms. The second kappa shape index (κ2) is 28.2. The summed E-state index contributed by atoms with van der Waals surface area (Å²) in [6, 6.07) is -0.251. The molecular weight excluding hydrogens is 609 g/mol. The van der Waals surface area contributed by atoms with E-state index in [0.29, 0.717) is 46.0 Å². The van der Waals surface area contributed by atoms with Crippen molar-refractivity contribution in [1.82, 2.24) is 16.0 Å². The number of likely N-dealkylation sites (N-methyl/N-ethyl adjacent to an activating group) is 1. The van der Waals surface area contributed by atoms with E-state index < -0.39 is 21.8 Å². The van der Waals surface area contributed by atoms with Gasteiger partial charge in [-0.2, -0.15) is 0 Å². The minimum absolute atomic E-state index is 0. The number of Topliss-reactive ketones (excluding diaryl/α,β-unsaturated/α-hetero) is 2. The van der Waals surface area contributed by atoms with Crippen LogP contribution in [0.25, 0.3) is 0 Å². The van der Waals surface area contributed by atoms with E-state index in [-0.39, 0.29) is 111 Å². The fourth-order valence-corrected chi connectivity index (χ4v) is 4.36. The molecule has 0 aliphatic rings. The molecule has 0 aromatic rings. The molecule has 0 aromatic carbocycles. The van der Waals surface area contributed by atoms with Crippen molar-refractivity contribution in [2.45, 2.75) is 65.3 Å². The van der Waals surface area contributed by atoms with Gasteiger partial charge in [0, 0.05) is 38.3 Å². The fourth-order valence-electron chi connectivity index (χ4n) is 4.01. The standard InChI is InChI=1S/C28H53N3O11S.Na/c1-22(2)28(29-4)25(33)21-24(23(3)32)7-5-6-10-30-26(34)8-12-39-14-16-41-18-19-42-17-15-40-13-9-27(35)31-11-20-43(36,37)38;/h22,24,28-29H,5-21H2,1-4H3,(H,30,34)(H,31,35)(H,36,37,38);/q;+1/p-1/t24-,28+;/m1./s1. The number of amides is 2. The minimum atomic E-state index is -4.34. The van der Waals surface area contributed by atoms with Crippen LogP contribution >= 0.6 is 0 Å². The van der Waals surface area contributed by atoms with Gasteiger partial charge >= 0.3 is 29.6 Å². The van der Waals surface area contributed by atoms with Crippen molar-refractivity contribution in [3.63, 3.8) is 0 Å². The molecule has 2 atom stereocenters.